The first kappa shape index (κ1) is 16.6. The summed E-state index contributed by atoms with van der Waals surface area (Å²) < 4.78 is 27.3. The largest absolute Gasteiger partial charge is 0.478 e. The number of anilines is 1. The Morgan fingerprint density at radius 3 is 2.38 bits per heavy atom. The highest BCUT2D eigenvalue weighted by atomic mass is 35.5. The molecule has 0 fully saturated rings. The highest BCUT2D eigenvalue weighted by molar-refractivity contribution is 7.92. The van der Waals surface area contributed by atoms with Crippen molar-refractivity contribution in [2.24, 2.45) is 0 Å². The van der Waals surface area contributed by atoms with Crippen molar-refractivity contribution in [3.05, 3.63) is 58.2 Å². The molecule has 2 aromatic carbocycles. The van der Waals surface area contributed by atoms with Crippen LogP contribution in [-0.4, -0.2) is 24.5 Å². The van der Waals surface area contributed by atoms with Gasteiger partial charge in [-0.15, -0.1) is 0 Å². The Bertz CT molecular complexity index is 1040. The minimum absolute atomic E-state index is 0.0715. The molecule has 0 saturated heterocycles. The molecular formula is C15H10Cl2N2O4S. The fraction of sp³-hybridized carbons (Fsp3) is 0. The average molecular weight is 385 g/mol. The number of nitrogens with one attached hydrogen (secondary N) is 2. The van der Waals surface area contributed by atoms with Crippen LogP contribution in [0.4, 0.5) is 5.69 Å². The second-order valence-corrected chi connectivity index (χ2v) is 7.53. The average Bonchev–Trinajstić information content (AvgIpc) is 2.89. The predicted octanol–water partition coefficient (Wildman–Crippen LogP) is 3.97. The molecule has 3 aromatic rings. The van der Waals surface area contributed by atoms with E-state index in [1.54, 1.807) is 0 Å². The number of aromatic carboxylic acids is 1. The van der Waals surface area contributed by atoms with Crippen molar-refractivity contribution in [3.8, 4) is 0 Å². The van der Waals surface area contributed by atoms with Gasteiger partial charge in [-0.3, -0.25) is 4.72 Å². The van der Waals surface area contributed by atoms with Crippen LogP contribution in [0, 0.1) is 0 Å². The second-order valence-electron chi connectivity index (χ2n) is 4.98. The molecule has 24 heavy (non-hydrogen) atoms. The van der Waals surface area contributed by atoms with Crippen LogP contribution in [0.5, 0.6) is 0 Å². The molecule has 0 atom stereocenters. The van der Waals surface area contributed by atoms with Crippen LogP contribution in [-0.2, 0) is 10.0 Å². The van der Waals surface area contributed by atoms with Gasteiger partial charge in [0.1, 0.15) is 0 Å². The fourth-order valence-corrected chi connectivity index (χ4v) is 4.04. The van der Waals surface area contributed by atoms with Gasteiger partial charge in [0.05, 0.1) is 16.1 Å². The Morgan fingerprint density at radius 2 is 1.75 bits per heavy atom. The van der Waals surface area contributed by atoms with E-state index in [1.165, 1.54) is 42.6 Å². The first-order valence-corrected chi connectivity index (χ1v) is 8.83. The predicted molar refractivity (Wildman–Crippen MR) is 92.5 cm³/mol. The minimum atomic E-state index is -3.89. The summed E-state index contributed by atoms with van der Waals surface area (Å²) in [6.45, 7) is 0. The van der Waals surface area contributed by atoms with E-state index in [2.05, 4.69) is 9.71 Å². The van der Waals surface area contributed by atoms with E-state index in [9.17, 15) is 13.2 Å². The molecule has 0 unspecified atom stereocenters. The third kappa shape index (κ3) is 3.19. The van der Waals surface area contributed by atoms with Crippen molar-refractivity contribution in [3.63, 3.8) is 0 Å². The van der Waals surface area contributed by atoms with Crippen molar-refractivity contribution in [1.29, 1.82) is 0 Å². The lowest BCUT2D eigenvalue weighted by atomic mass is 10.1. The van der Waals surface area contributed by atoms with Gasteiger partial charge in [-0.2, -0.15) is 0 Å². The number of benzene rings is 2. The number of fused-ring (bicyclic) bond motifs is 1. The molecule has 0 bridgehead atoms. The summed E-state index contributed by atoms with van der Waals surface area (Å²) in [5, 5.41) is 9.96. The molecule has 0 spiro atoms. The number of H-pyrrole nitrogens is 1. The van der Waals surface area contributed by atoms with E-state index in [4.69, 9.17) is 28.3 Å². The van der Waals surface area contributed by atoms with E-state index in [0.717, 1.165) is 0 Å². The molecule has 0 aliphatic rings. The molecule has 124 valence electrons. The maximum absolute atomic E-state index is 12.4. The van der Waals surface area contributed by atoms with Gasteiger partial charge >= 0.3 is 5.97 Å². The molecule has 0 aliphatic heterocycles. The van der Waals surface area contributed by atoms with E-state index < -0.39 is 16.0 Å². The highest BCUT2D eigenvalue weighted by Crippen LogP contribution is 2.26. The number of aromatic nitrogens is 1. The third-order valence-electron chi connectivity index (χ3n) is 3.31. The molecule has 6 nitrogen and oxygen atoms in total. The van der Waals surface area contributed by atoms with E-state index in [1.807, 2.05) is 0 Å². The molecule has 3 N–H and O–H groups in total. The number of aromatic amines is 1. The Labute approximate surface area is 147 Å². The Hall–Kier alpha value is -2.22. The first-order chi connectivity index (χ1) is 11.3. The van der Waals surface area contributed by atoms with Gasteiger partial charge in [-0.05, 0) is 36.4 Å². The third-order valence-corrected chi connectivity index (χ3v) is 5.11. The van der Waals surface area contributed by atoms with E-state index >= 15 is 0 Å². The summed E-state index contributed by atoms with van der Waals surface area (Å²) in [6, 6.07) is 8.51. The Balaban J connectivity index is 1.98. The normalized spacial score (nSPS) is 11.6. The van der Waals surface area contributed by atoms with Crippen molar-refractivity contribution in [2.75, 3.05) is 4.72 Å². The lowest BCUT2D eigenvalue weighted by molar-refractivity contribution is 0.0699. The number of carboxylic acid groups (broad SMARTS) is 1. The SMILES string of the molecule is O=C(O)c1c[nH]c2cc(NS(=O)(=O)c3cc(Cl)cc(Cl)c3)ccc12. The maximum atomic E-state index is 12.4. The van der Waals surface area contributed by atoms with E-state index in [0.29, 0.717) is 10.9 Å². The summed E-state index contributed by atoms with van der Waals surface area (Å²) in [4.78, 5) is 13.8. The molecular weight excluding hydrogens is 375 g/mol. The lowest BCUT2D eigenvalue weighted by Gasteiger charge is -2.09. The van der Waals surface area contributed by atoms with Crippen molar-refractivity contribution in [1.82, 2.24) is 4.98 Å². The highest BCUT2D eigenvalue weighted by Gasteiger charge is 2.17. The molecule has 0 radical (unpaired) electrons. The van der Waals surface area contributed by atoms with Gasteiger partial charge in [0.15, 0.2) is 0 Å². The molecule has 9 heteroatoms. The summed E-state index contributed by atoms with van der Waals surface area (Å²) >= 11 is 11.7. The second kappa shape index (κ2) is 6.01. The van der Waals surface area contributed by atoms with Crippen molar-refractivity contribution < 1.29 is 18.3 Å². The van der Waals surface area contributed by atoms with Gasteiger partial charge in [0, 0.05) is 27.1 Å². The number of sulfonamides is 1. The summed E-state index contributed by atoms with van der Waals surface area (Å²) in [6.07, 6.45) is 1.35. The number of halogens is 2. The topological polar surface area (TPSA) is 99.3 Å². The molecule has 0 aliphatic carbocycles. The summed E-state index contributed by atoms with van der Waals surface area (Å²) in [5.74, 6) is -1.07. The summed E-state index contributed by atoms with van der Waals surface area (Å²) in [7, 11) is -3.89. The zero-order chi connectivity index (χ0) is 17.5. The minimum Gasteiger partial charge on any atom is -0.478 e. The standard InChI is InChI=1S/C15H10Cl2N2O4S/c16-8-3-9(17)5-11(4-8)24(22,23)19-10-1-2-12-13(15(20)21)7-18-14(12)6-10/h1-7,18-19H,(H,20,21). The number of carbonyl (C=O) groups is 1. The van der Waals surface area contributed by atoms with Crippen LogP contribution in [0.25, 0.3) is 10.9 Å². The molecule has 0 saturated carbocycles. The van der Waals surface area contributed by atoms with E-state index in [-0.39, 0.29) is 26.2 Å². The summed E-state index contributed by atoms with van der Waals surface area (Å²) in [5.41, 5.74) is 0.884. The van der Waals surface area contributed by atoms with Crippen LogP contribution >= 0.6 is 23.2 Å². The molecule has 3 rings (SSSR count). The monoisotopic (exact) mass is 384 g/mol. The fourth-order valence-electron chi connectivity index (χ4n) is 2.26. The number of hydrogen-bond donors (Lipinski definition) is 3. The number of carboxylic acids is 1. The number of hydrogen-bond acceptors (Lipinski definition) is 3. The van der Waals surface area contributed by atoms with Gasteiger partial charge in [0.25, 0.3) is 10.0 Å². The Kier molecular flexibility index (Phi) is 4.16. The van der Waals surface area contributed by atoms with Crippen LogP contribution in [0.3, 0.4) is 0 Å². The zero-order valence-electron chi connectivity index (χ0n) is 11.9. The molecule has 0 amide bonds. The van der Waals surface area contributed by atoms with Crippen LogP contribution < -0.4 is 4.72 Å². The maximum Gasteiger partial charge on any atom is 0.337 e. The Morgan fingerprint density at radius 1 is 1.08 bits per heavy atom. The van der Waals surface area contributed by atoms with Crippen molar-refractivity contribution >= 4 is 55.8 Å². The van der Waals surface area contributed by atoms with Crippen LogP contribution in [0.15, 0.2) is 47.5 Å². The van der Waals surface area contributed by atoms with Gasteiger partial charge in [0.2, 0.25) is 0 Å². The molecule has 1 aromatic heterocycles. The van der Waals surface area contributed by atoms with Gasteiger partial charge in [-0.1, -0.05) is 23.2 Å². The first-order valence-electron chi connectivity index (χ1n) is 6.59. The smallest absolute Gasteiger partial charge is 0.337 e. The van der Waals surface area contributed by atoms with Gasteiger partial charge in [-0.25, -0.2) is 13.2 Å². The van der Waals surface area contributed by atoms with Crippen molar-refractivity contribution in [2.45, 2.75) is 4.90 Å². The lowest BCUT2D eigenvalue weighted by Crippen LogP contribution is -2.13. The van der Waals surface area contributed by atoms with Crippen LogP contribution in [0.1, 0.15) is 10.4 Å². The number of rotatable bonds is 4. The van der Waals surface area contributed by atoms with Crippen LogP contribution in [0.2, 0.25) is 10.0 Å². The zero-order valence-corrected chi connectivity index (χ0v) is 14.2. The quantitative estimate of drug-likeness (QED) is 0.633. The molecule has 1 heterocycles. The van der Waals surface area contributed by atoms with Gasteiger partial charge < -0.3 is 10.1 Å².